The van der Waals surface area contributed by atoms with Crippen molar-refractivity contribution >= 4 is 11.7 Å². The van der Waals surface area contributed by atoms with Crippen molar-refractivity contribution in [1.82, 2.24) is 5.32 Å². The molecule has 17 heavy (non-hydrogen) atoms. The van der Waals surface area contributed by atoms with E-state index in [1.54, 1.807) is 13.8 Å². The number of hydrogen-bond donors (Lipinski definition) is 3. The smallest absolute Gasteiger partial charge is 0.319 e. The molecule has 0 bridgehead atoms. The average molecular weight is 236 g/mol. The Morgan fingerprint density at radius 2 is 2.12 bits per heavy atom. The van der Waals surface area contributed by atoms with E-state index < -0.39 is 5.54 Å². The van der Waals surface area contributed by atoms with Crippen LogP contribution in [-0.4, -0.2) is 23.3 Å². The second-order valence-electron chi connectivity index (χ2n) is 4.68. The van der Waals surface area contributed by atoms with E-state index >= 15 is 0 Å². The van der Waals surface area contributed by atoms with Crippen LogP contribution in [0.1, 0.15) is 26.3 Å². The number of carbonyl (C=O) groups is 1. The van der Waals surface area contributed by atoms with Gasteiger partial charge < -0.3 is 15.7 Å². The maximum Gasteiger partial charge on any atom is 0.319 e. The summed E-state index contributed by atoms with van der Waals surface area (Å²) in [5, 5.41) is 14.5. The minimum absolute atomic E-state index is 0.102. The average Bonchev–Trinajstić information content (AvgIpc) is 2.28. The van der Waals surface area contributed by atoms with E-state index in [4.69, 9.17) is 5.11 Å². The highest BCUT2D eigenvalue weighted by Gasteiger charge is 2.18. The summed E-state index contributed by atoms with van der Waals surface area (Å²) in [5.74, 6) is 0. The molecule has 0 saturated heterocycles. The SMILES string of the molecule is CCc1cccc(NC(=O)NC(C)(C)CO)c1. The number of aryl methyl sites for hydroxylation is 1. The molecule has 1 rings (SSSR count). The van der Waals surface area contributed by atoms with Crippen molar-refractivity contribution in [2.24, 2.45) is 0 Å². The predicted molar refractivity (Wildman–Crippen MR) is 69.1 cm³/mol. The number of urea groups is 1. The Labute approximate surface area is 102 Å². The molecule has 4 nitrogen and oxygen atoms in total. The molecule has 0 aliphatic carbocycles. The molecule has 1 aromatic carbocycles. The lowest BCUT2D eigenvalue weighted by molar-refractivity contribution is 0.187. The number of nitrogens with one attached hydrogen (secondary N) is 2. The topological polar surface area (TPSA) is 61.4 Å². The van der Waals surface area contributed by atoms with E-state index in [0.717, 1.165) is 12.1 Å². The first-order valence-electron chi connectivity index (χ1n) is 5.76. The summed E-state index contributed by atoms with van der Waals surface area (Å²) in [5.41, 5.74) is 1.31. The summed E-state index contributed by atoms with van der Waals surface area (Å²) in [6, 6.07) is 7.39. The summed E-state index contributed by atoms with van der Waals surface area (Å²) in [4.78, 5) is 11.7. The fourth-order valence-electron chi connectivity index (χ4n) is 1.38. The molecule has 94 valence electrons. The highest BCUT2D eigenvalue weighted by Crippen LogP contribution is 2.11. The van der Waals surface area contributed by atoms with Crippen LogP contribution >= 0.6 is 0 Å². The Bertz CT molecular complexity index is 389. The fourth-order valence-corrected chi connectivity index (χ4v) is 1.38. The van der Waals surface area contributed by atoms with Crippen LogP contribution in [0.5, 0.6) is 0 Å². The van der Waals surface area contributed by atoms with Gasteiger partial charge in [0.05, 0.1) is 12.1 Å². The molecule has 1 aromatic rings. The summed E-state index contributed by atoms with van der Waals surface area (Å²) >= 11 is 0. The molecule has 0 fully saturated rings. The van der Waals surface area contributed by atoms with Crippen molar-refractivity contribution in [3.05, 3.63) is 29.8 Å². The van der Waals surface area contributed by atoms with Gasteiger partial charge in [-0.15, -0.1) is 0 Å². The zero-order valence-corrected chi connectivity index (χ0v) is 10.6. The first kappa shape index (κ1) is 13.5. The van der Waals surface area contributed by atoms with Crippen LogP contribution in [0, 0.1) is 0 Å². The van der Waals surface area contributed by atoms with Crippen LogP contribution < -0.4 is 10.6 Å². The largest absolute Gasteiger partial charge is 0.394 e. The lowest BCUT2D eigenvalue weighted by Crippen LogP contribution is -2.48. The summed E-state index contributed by atoms with van der Waals surface area (Å²) in [7, 11) is 0. The van der Waals surface area contributed by atoms with Crippen molar-refractivity contribution in [2.45, 2.75) is 32.7 Å². The molecule has 0 atom stereocenters. The van der Waals surface area contributed by atoms with Crippen molar-refractivity contribution in [2.75, 3.05) is 11.9 Å². The molecule has 0 aliphatic heterocycles. The van der Waals surface area contributed by atoms with E-state index in [-0.39, 0.29) is 12.6 Å². The van der Waals surface area contributed by atoms with Crippen molar-refractivity contribution in [3.63, 3.8) is 0 Å². The van der Waals surface area contributed by atoms with Gasteiger partial charge in [-0.2, -0.15) is 0 Å². The molecule has 0 unspecified atom stereocenters. The van der Waals surface area contributed by atoms with Gasteiger partial charge >= 0.3 is 6.03 Å². The van der Waals surface area contributed by atoms with Crippen LogP contribution in [0.3, 0.4) is 0 Å². The van der Waals surface area contributed by atoms with Gasteiger partial charge in [-0.05, 0) is 38.0 Å². The first-order chi connectivity index (χ1) is 7.96. The van der Waals surface area contributed by atoms with Crippen LogP contribution in [0.15, 0.2) is 24.3 Å². The zero-order valence-electron chi connectivity index (χ0n) is 10.6. The number of anilines is 1. The molecule has 2 amide bonds. The zero-order chi connectivity index (χ0) is 12.9. The number of amides is 2. The number of carbonyl (C=O) groups excluding carboxylic acids is 1. The number of hydrogen-bond acceptors (Lipinski definition) is 2. The van der Waals surface area contributed by atoms with Crippen molar-refractivity contribution in [1.29, 1.82) is 0 Å². The van der Waals surface area contributed by atoms with Crippen LogP contribution in [0.4, 0.5) is 10.5 Å². The van der Waals surface area contributed by atoms with Crippen LogP contribution in [-0.2, 0) is 6.42 Å². The van der Waals surface area contributed by atoms with Gasteiger partial charge in [0, 0.05) is 5.69 Å². The molecule has 0 radical (unpaired) electrons. The third kappa shape index (κ3) is 4.44. The van der Waals surface area contributed by atoms with E-state index in [0.29, 0.717) is 0 Å². The normalized spacial score (nSPS) is 11.1. The standard InChI is InChI=1S/C13H20N2O2/c1-4-10-6-5-7-11(8-10)14-12(17)15-13(2,3)9-16/h5-8,16H,4,9H2,1-3H3,(H2,14,15,17). The van der Waals surface area contributed by atoms with Gasteiger partial charge in [0.2, 0.25) is 0 Å². The second kappa shape index (κ2) is 5.68. The lowest BCUT2D eigenvalue weighted by Gasteiger charge is -2.23. The number of aliphatic hydroxyl groups is 1. The molecule has 0 heterocycles. The highest BCUT2D eigenvalue weighted by atomic mass is 16.3. The van der Waals surface area contributed by atoms with E-state index in [1.165, 1.54) is 5.56 Å². The summed E-state index contributed by atoms with van der Waals surface area (Å²) in [6.07, 6.45) is 0.930. The molecule has 0 saturated carbocycles. The van der Waals surface area contributed by atoms with Gasteiger partial charge in [-0.1, -0.05) is 19.1 Å². The third-order valence-corrected chi connectivity index (χ3v) is 2.44. The first-order valence-corrected chi connectivity index (χ1v) is 5.76. The predicted octanol–water partition coefficient (Wildman–Crippen LogP) is 2.14. The van der Waals surface area contributed by atoms with Gasteiger partial charge in [-0.25, -0.2) is 4.79 Å². The van der Waals surface area contributed by atoms with Crippen LogP contribution in [0.25, 0.3) is 0 Å². The van der Waals surface area contributed by atoms with Crippen LogP contribution in [0.2, 0.25) is 0 Å². The highest BCUT2D eigenvalue weighted by molar-refractivity contribution is 5.89. The van der Waals surface area contributed by atoms with Gasteiger partial charge in [0.25, 0.3) is 0 Å². The number of aliphatic hydroxyl groups excluding tert-OH is 1. The van der Waals surface area contributed by atoms with Crippen molar-refractivity contribution in [3.8, 4) is 0 Å². The Kier molecular flexibility index (Phi) is 4.52. The monoisotopic (exact) mass is 236 g/mol. The second-order valence-corrected chi connectivity index (χ2v) is 4.68. The minimum atomic E-state index is -0.619. The summed E-state index contributed by atoms with van der Waals surface area (Å²) < 4.78 is 0. The Morgan fingerprint density at radius 1 is 1.41 bits per heavy atom. The quantitative estimate of drug-likeness (QED) is 0.750. The van der Waals surface area contributed by atoms with E-state index in [2.05, 4.69) is 17.6 Å². The van der Waals surface area contributed by atoms with Gasteiger partial charge in [0.1, 0.15) is 0 Å². The Morgan fingerprint density at radius 3 is 2.71 bits per heavy atom. The van der Waals surface area contributed by atoms with Gasteiger partial charge in [0.15, 0.2) is 0 Å². The number of benzene rings is 1. The minimum Gasteiger partial charge on any atom is -0.394 e. The molecular weight excluding hydrogens is 216 g/mol. The molecule has 0 aliphatic rings. The molecule has 3 N–H and O–H groups in total. The van der Waals surface area contributed by atoms with Gasteiger partial charge in [-0.3, -0.25) is 0 Å². The molecule has 0 spiro atoms. The molecular formula is C13H20N2O2. The maximum absolute atomic E-state index is 11.7. The third-order valence-electron chi connectivity index (χ3n) is 2.44. The van der Waals surface area contributed by atoms with Crippen molar-refractivity contribution < 1.29 is 9.90 Å². The molecule has 0 aromatic heterocycles. The summed E-state index contributed by atoms with van der Waals surface area (Å²) in [6.45, 7) is 5.48. The van der Waals surface area contributed by atoms with E-state index in [1.807, 2.05) is 24.3 Å². The Balaban J connectivity index is 2.62. The Hall–Kier alpha value is -1.55. The maximum atomic E-state index is 11.7. The molecule has 4 heteroatoms. The lowest BCUT2D eigenvalue weighted by atomic mass is 10.1. The number of rotatable bonds is 4. The fraction of sp³-hybridized carbons (Fsp3) is 0.462. The van der Waals surface area contributed by atoms with E-state index in [9.17, 15) is 4.79 Å².